The van der Waals surface area contributed by atoms with Crippen LogP contribution < -0.4 is 19.7 Å². The summed E-state index contributed by atoms with van der Waals surface area (Å²) in [5.74, 6) is 1.05. The molecule has 0 saturated carbocycles. The van der Waals surface area contributed by atoms with Crippen LogP contribution in [0.3, 0.4) is 0 Å². The summed E-state index contributed by atoms with van der Waals surface area (Å²) in [6.07, 6.45) is 0. The molecule has 0 aliphatic heterocycles. The maximum atomic E-state index is 12.5. The van der Waals surface area contributed by atoms with Gasteiger partial charge in [0.2, 0.25) is 0 Å². The van der Waals surface area contributed by atoms with Gasteiger partial charge in [-0.3, -0.25) is 4.79 Å². The maximum absolute atomic E-state index is 12.5. The van der Waals surface area contributed by atoms with Crippen molar-refractivity contribution in [2.24, 2.45) is 0 Å². The standard InChI is InChI=1S/C18H22N2O3/c1-12-9-16(22-4)17(23-5)11-15(12)19-18(21)13-7-6-8-14(10-13)20(2)3/h6-11H,1-5H3,(H,19,21). The number of aryl methyl sites for hydroxylation is 1. The summed E-state index contributed by atoms with van der Waals surface area (Å²) in [4.78, 5) is 14.5. The number of benzene rings is 2. The lowest BCUT2D eigenvalue weighted by atomic mass is 10.1. The van der Waals surface area contributed by atoms with Crippen LogP contribution in [-0.4, -0.2) is 34.2 Å². The molecule has 0 atom stereocenters. The van der Waals surface area contributed by atoms with Crippen molar-refractivity contribution in [1.29, 1.82) is 0 Å². The molecule has 122 valence electrons. The van der Waals surface area contributed by atoms with E-state index in [0.29, 0.717) is 22.7 Å². The highest BCUT2D eigenvalue weighted by Crippen LogP contribution is 2.33. The van der Waals surface area contributed by atoms with Crippen molar-refractivity contribution in [3.05, 3.63) is 47.5 Å². The lowest BCUT2D eigenvalue weighted by molar-refractivity contribution is 0.102. The Morgan fingerprint density at radius 1 is 1.04 bits per heavy atom. The molecule has 0 fully saturated rings. The second-order valence-electron chi connectivity index (χ2n) is 5.42. The summed E-state index contributed by atoms with van der Waals surface area (Å²) in [6, 6.07) is 11.1. The van der Waals surface area contributed by atoms with Gasteiger partial charge in [-0.25, -0.2) is 0 Å². The van der Waals surface area contributed by atoms with Gasteiger partial charge >= 0.3 is 0 Å². The average molecular weight is 314 g/mol. The lowest BCUT2D eigenvalue weighted by Gasteiger charge is -2.15. The van der Waals surface area contributed by atoms with Gasteiger partial charge in [-0.1, -0.05) is 6.07 Å². The zero-order chi connectivity index (χ0) is 17.0. The molecule has 0 saturated heterocycles. The normalized spacial score (nSPS) is 10.1. The number of nitrogens with zero attached hydrogens (tertiary/aromatic N) is 1. The number of ether oxygens (including phenoxy) is 2. The number of anilines is 2. The Morgan fingerprint density at radius 2 is 1.70 bits per heavy atom. The van der Waals surface area contributed by atoms with Crippen LogP contribution in [0.15, 0.2) is 36.4 Å². The fourth-order valence-electron chi connectivity index (χ4n) is 2.24. The first-order chi connectivity index (χ1) is 11.0. The summed E-state index contributed by atoms with van der Waals surface area (Å²) in [6.45, 7) is 1.91. The first kappa shape index (κ1) is 16.7. The number of amides is 1. The molecule has 1 N–H and O–H groups in total. The fraction of sp³-hybridized carbons (Fsp3) is 0.278. The van der Waals surface area contributed by atoms with Gasteiger partial charge in [-0.15, -0.1) is 0 Å². The van der Waals surface area contributed by atoms with Crippen molar-refractivity contribution in [2.45, 2.75) is 6.92 Å². The topological polar surface area (TPSA) is 50.8 Å². The Labute approximate surface area is 136 Å². The Hall–Kier alpha value is -2.69. The molecule has 0 aliphatic carbocycles. The number of methoxy groups -OCH3 is 2. The van der Waals surface area contributed by atoms with E-state index in [1.54, 1.807) is 26.4 Å². The second kappa shape index (κ2) is 7.05. The zero-order valence-electron chi connectivity index (χ0n) is 14.1. The molecule has 2 aromatic rings. The van der Waals surface area contributed by atoms with E-state index in [-0.39, 0.29) is 5.91 Å². The third-order valence-electron chi connectivity index (χ3n) is 3.60. The van der Waals surface area contributed by atoms with Crippen LogP contribution in [0.1, 0.15) is 15.9 Å². The molecule has 2 rings (SSSR count). The van der Waals surface area contributed by atoms with E-state index in [9.17, 15) is 4.79 Å². The van der Waals surface area contributed by atoms with Gasteiger partial charge in [0.15, 0.2) is 11.5 Å². The van der Waals surface area contributed by atoms with E-state index in [1.807, 2.05) is 50.2 Å². The van der Waals surface area contributed by atoms with Gasteiger partial charge in [-0.05, 0) is 36.8 Å². The number of carbonyl (C=O) groups excluding carboxylic acids is 1. The molecule has 0 aliphatic rings. The monoisotopic (exact) mass is 314 g/mol. The maximum Gasteiger partial charge on any atom is 0.255 e. The Morgan fingerprint density at radius 3 is 2.30 bits per heavy atom. The van der Waals surface area contributed by atoms with Gasteiger partial charge in [0.05, 0.1) is 14.2 Å². The van der Waals surface area contributed by atoms with Crippen molar-refractivity contribution in [1.82, 2.24) is 0 Å². The number of carbonyl (C=O) groups is 1. The highest BCUT2D eigenvalue weighted by Gasteiger charge is 2.13. The van der Waals surface area contributed by atoms with E-state index < -0.39 is 0 Å². The minimum atomic E-state index is -0.163. The van der Waals surface area contributed by atoms with Crippen molar-refractivity contribution in [3.8, 4) is 11.5 Å². The van der Waals surface area contributed by atoms with E-state index in [4.69, 9.17) is 9.47 Å². The first-order valence-electron chi connectivity index (χ1n) is 7.27. The van der Waals surface area contributed by atoms with Crippen LogP contribution in [-0.2, 0) is 0 Å². The molecule has 0 spiro atoms. The van der Waals surface area contributed by atoms with E-state index in [2.05, 4.69) is 5.32 Å². The summed E-state index contributed by atoms with van der Waals surface area (Å²) in [7, 11) is 7.03. The molecule has 0 bridgehead atoms. The first-order valence-corrected chi connectivity index (χ1v) is 7.27. The minimum Gasteiger partial charge on any atom is -0.493 e. The summed E-state index contributed by atoms with van der Waals surface area (Å²) < 4.78 is 10.5. The molecule has 23 heavy (non-hydrogen) atoms. The summed E-state index contributed by atoms with van der Waals surface area (Å²) in [5, 5.41) is 2.93. The largest absolute Gasteiger partial charge is 0.493 e. The molecular weight excluding hydrogens is 292 g/mol. The summed E-state index contributed by atoms with van der Waals surface area (Å²) >= 11 is 0. The number of rotatable bonds is 5. The van der Waals surface area contributed by atoms with Crippen molar-refractivity contribution in [2.75, 3.05) is 38.5 Å². The number of nitrogens with one attached hydrogen (secondary N) is 1. The van der Waals surface area contributed by atoms with Crippen molar-refractivity contribution >= 4 is 17.3 Å². The minimum absolute atomic E-state index is 0.163. The molecule has 5 heteroatoms. The molecule has 0 aromatic heterocycles. The fourth-order valence-corrected chi connectivity index (χ4v) is 2.24. The predicted molar refractivity (Wildman–Crippen MR) is 93.0 cm³/mol. The van der Waals surface area contributed by atoms with Crippen LogP contribution in [0.4, 0.5) is 11.4 Å². The van der Waals surface area contributed by atoms with Crippen molar-refractivity contribution < 1.29 is 14.3 Å². The molecule has 0 heterocycles. The number of hydrogen-bond donors (Lipinski definition) is 1. The van der Waals surface area contributed by atoms with Crippen LogP contribution in [0.25, 0.3) is 0 Å². The van der Waals surface area contributed by atoms with Crippen LogP contribution in [0.2, 0.25) is 0 Å². The van der Waals surface area contributed by atoms with E-state index in [1.165, 1.54) is 0 Å². The SMILES string of the molecule is COc1cc(C)c(NC(=O)c2cccc(N(C)C)c2)cc1OC. The molecule has 1 amide bonds. The molecule has 0 radical (unpaired) electrons. The van der Waals surface area contributed by atoms with Gasteiger partial charge in [0.25, 0.3) is 5.91 Å². The van der Waals surface area contributed by atoms with E-state index >= 15 is 0 Å². The van der Waals surface area contributed by atoms with Crippen molar-refractivity contribution in [3.63, 3.8) is 0 Å². The highest BCUT2D eigenvalue weighted by molar-refractivity contribution is 6.05. The Bertz CT molecular complexity index is 711. The lowest BCUT2D eigenvalue weighted by Crippen LogP contribution is -2.15. The van der Waals surface area contributed by atoms with Gasteiger partial charge in [0, 0.05) is 37.1 Å². The third-order valence-corrected chi connectivity index (χ3v) is 3.60. The second-order valence-corrected chi connectivity index (χ2v) is 5.42. The molecule has 2 aromatic carbocycles. The molecule has 0 unspecified atom stereocenters. The van der Waals surface area contributed by atoms with Gasteiger partial charge < -0.3 is 19.7 Å². The quantitative estimate of drug-likeness (QED) is 0.920. The summed E-state index contributed by atoms with van der Waals surface area (Å²) in [5.41, 5.74) is 3.18. The van der Waals surface area contributed by atoms with Gasteiger partial charge in [-0.2, -0.15) is 0 Å². The molecular formula is C18H22N2O3. The predicted octanol–water partition coefficient (Wildman–Crippen LogP) is 3.33. The zero-order valence-corrected chi connectivity index (χ0v) is 14.1. The number of hydrogen-bond acceptors (Lipinski definition) is 4. The Balaban J connectivity index is 2.28. The van der Waals surface area contributed by atoms with Crippen LogP contribution in [0.5, 0.6) is 11.5 Å². The average Bonchev–Trinajstić information content (AvgIpc) is 2.56. The molecule has 5 nitrogen and oxygen atoms in total. The van der Waals surface area contributed by atoms with Crippen LogP contribution >= 0.6 is 0 Å². The Kier molecular flexibility index (Phi) is 5.11. The smallest absolute Gasteiger partial charge is 0.255 e. The van der Waals surface area contributed by atoms with Crippen LogP contribution in [0, 0.1) is 6.92 Å². The third kappa shape index (κ3) is 3.74. The van der Waals surface area contributed by atoms with Gasteiger partial charge in [0.1, 0.15) is 0 Å². The highest BCUT2D eigenvalue weighted by atomic mass is 16.5. The van der Waals surface area contributed by atoms with E-state index in [0.717, 1.165) is 11.3 Å².